The zero-order valence-electron chi connectivity index (χ0n) is 19.2. The Morgan fingerprint density at radius 1 is 0.943 bits per heavy atom. The van der Waals surface area contributed by atoms with Crippen LogP contribution < -0.4 is 9.64 Å². The molecule has 2 heterocycles. The third-order valence-electron chi connectivity index (χ3n) is 6.15. The summed E-state index contributed by atoms with van der Waals surface area (Å²) in [5.41, 5.74) is 3.48. The Morgan fingerprint density at radius 2 is 1.63 bits per heavy atom. The number of para-hydroxylation sites is 1. The van der Waals surface area contributed by atoms with Gasteiger partial charge in [-0.2, -0.15) is 5.10 Å². The summed E-state index contributed by atoms with van der Waals surface area (Å²) >= 11 is 6.37. The van der Waals surface area contributed by atoms with Crippen LogP contribution in [-0.4, -0.2) is 53.9 Å². The van der Waals surface area contributed by atoms with Crippen molar-refractivity contribution in [1.82, 2.24) is 14.7 Å². The standard InChI is InChI=1S/C27H24ClFN4O2/c1-35-22-12-10-21(11-13-22)33-26(18-24(30-33)19-6-8-20(29)9-7-19)27(34)32-16-14-31(15-17-32)25-5-3-2-4-23(25)28/h2-13,18H,14-17H2,1H3. The summed E-state index contributed by atoms with van der Waals surface area (Å²) in [6.07, 6.45) is 0. The van der Waals surface area contributed by atoms with Gasteiger partial charge in [-0.25, -0.2) is 9.07 Å². The predicted molar refractivity (Wildman–Crippen MR) is 135 cm³/mol. The number of nitrogens with zero attached hydrogens (tertiary/aromatic N) is 4. The molecule has 0 atom stereocenters. The first-order valence-electron chi connectivity index (χ1n) is 11.3. The number of benzene rings is 3. The van der Waals surface area contributed by atoms with Gasteiger partial charge in [0, 0.05) is 31.7 Å². The number of hydrogen-bond donors (Lipinski definition) is 0. The number of methoxy groups -OCH3 is 1. The molecule has 35 heavy (non-hydrogen) atoms. The molecule has 1 aliphatic rings. The molecule has 1 saturated heterocycles. The second-order valence-corrected chi connectivity index (χ2v) is 8.67. The highest BCUT2D eigenvalue weighted by atomic mass is 35.5. The molecule has 0 spiro atoms. The number of anilines is 1. The lowest BCUT2D eigenvalue weighted by atomic mass is 10.1. The van der Waals surface area contributed by atoms with Gasteiger partial charge in [-0.05, 0) is 66.7 Å². The Morgan fingerprint density at radius 3 is 2.29 bits per heavy atom. The average molecular weight is 491 g/mol. The minimum absolute atomic E-state index is 0.111. The first-order chi connectivity index (χ1) is 17.0. The van der Waals surface area contributed by atoms with Crippen LogP contribution >= 0.6 is 11.6 Å². The van der Waals surface area contributed by atoms with Crippen molar-refractivity contribution in [3.8, 4) is 22.7 Å². The predicted octanol–water partition coefficient (Wildman–Crippen LogP) is 5.30. The van der Waals surface area contributed by atoms with Gasteiger partial charge < -0.3 is 14.5 Å². The number of ether oxygens (including phenoxy) is 1. The van der Waals surface area contributed by atoms with Crippen LogP contribution in [0.1, 0.15) is 10.5 Å². The van der Waals surface area contributed by atoms with Gasteiger partial charge in [-0.1, -0.05) is 23.7 Å². The Labute approximate surface area is 208 Å². The average Bonchev–Trinajstić information content (AvgIpc) is 3.35. The zero-order valence-corrected chi connectivity index (χ0v) is 20.0. The highest BCUT2D eigenvalue weighted by Crippen LogP contribution is 2.28. The maximum atomic E-state index is 13.7. The molecule has 5 rings (SSSR count). The van der Waals surface area contributed by atoms with Crippen molar-refractivity contribution < 1.29 is 13.9 Å². The minimum atomic E-state index is -0.323. The van der Waals surface area contributed by atoms with Crippen molar-refractivity contribution >= 4 is 23.2 Å². The van der Waals surface area contributed by atoms with E-state index in [4.69, 9.17) is 21.4 Å². The summed E-state index contributed by atoms with van der Waals surface area (Å²) in [5.74, 6) is 0.278. The molecule has 0 unspecified atom stereocenters. The number of carbonyl (C=O) groups is 1. The highest BCUT2D eigenvalue weighted by molar-refractivity contribution is 6.33. The normalized spacial score (nSPS) is 13.7. The van der Waals surface area contributed by atoms with Gasteiger partial charge in [0.25, 0.3) is 5.91 Å². The third kappa shape index (κ3) is 4.72. The molecule has 0 aliphatic carbocycles. The molecule has 1 aliphatic heterocycles. The second kappa shape index (κ2) is 9.80. The number of amides is 1. The van der Waals surface area contributed by atoms with E-state index in [1.807, 2.05) is 53.4 Å². The van der Waals surface area contributed by atoms with Crippen molar-refractivity contribution in [2.24, 2.45) is 0 Å². The number of hydrogen-bond acceptors (Lipinski definition) is 4. The molecule has 178 valence electrons. The molecular formula is C27H24ClFN4O2. The molecule has 0 saturated carbocycles. The summed E-state index contributed by atoms with van der Waals surface area (Å²) in [6, 6.07) is 22.9. The van der Waals surface area contributed by atoms with Gasteiger partial charge in [0.15, 0.2) is 0 Å². The SMILES string of the molecule is COc1ccc(-n2nc(-c3ccc(F)cc3)cc2C(=O)N2CCN(c3ccccc3Cl)CC2)cc1. The van der Waals surface area contributed by atoms with Gasteiger partial charge in [0.2, 0.25) is 0 Å². The van der Waals surface area contributed by atoms with E-state index in [-0.39, 0.29) is 11.7 Å². The Bertz CT molecular complexity index is 1330. The summed E-state index contributed by atoms with van der Waals surface area (Å²) in [7, 11) is 1.60. The van der Waals surface area contributed by atoms with Crippen LogP contribution in [0.4, 0.5) is 10.1 Å². The van der Waals surface area contributed by atoms with Crippen molar-refractivity contribution in [3.63, 3.8) is 0 Å². The molecule has 1 amide bonds. The molecule has 6 nitrogen and oxygen atoms in total. The van der Waals surface area contributed by atoms with E-state index in [9.17, 15) is 9.18 Å². The van der Waals surface area contributed by atoms with Crippen molar-refractivity contribution in [1.29, 1.82) is 0 Å². The van der Waals surface area contributed by atoms with Crippen molar-refractivity contribution in [2.45, 2.75) is 0 Å². The van der Waals surface area contributed by atoms with Crippen LogP contribution in [-0.2, 0) is 0 Å². The lowest BCUT2D eigenvalue weighted by molar-refractivity contribution is 0.0737. The van der Waals surface area contributed by atoms with Gasteiger partial charge >= 0.3 is 0 Å². The van der Waals surface area contributed by atoms with Crippen molar-refractivity contribution in [3.05, 3.63) is 95.4 Å². The number of halogens is 2. The quantitative estimate of drug-likeness (QED) is 0.381. The summed E-state index contributed by atoms with van der Waals surface area (Å²) in [4.78, 5) is 17.7. The monoisotopic (exact) mass is 490 g/mol. The fraction of sp³-hybridized carbons (Fsp3) is 0.185. The summed E-state index contributed by atoms with van der Waals surface area (Å²) in [6.45, 7) is 2.47. The lowest BCUT2D eigenvalue weighted by Gasteiger charge is -2.36. The summed E-state index contributed by atoms with van der Waals surface area (Å²) < 4.78 is 20.4. The molecule has 3 aromatic carbocycles. The largest absolute Gasteiger partial charge is 0.497 e. The van der Waals surface area contributed by atoms with Gasteiger partial charge in [0.1, 0.15) is 17.3 Å². The van der Waals surface area contributed by atoms with Crippen LogP contribution in [0.3, 0.4) is 0 Å². The molecule has 1 aromatic heterocycles. The minimum Gasteiger partial charge on any atom is -0.497 e. The van der Waals surface area contributed by atoms with E-state index in [0.29, 0.717) is 48.3 Å². The third-order valence-corrected chi connectivity index (χ3v) is 6.47. The number of carbonyl (C=O) groups excluding carboxylic acids is 1. The van der Waals surface area contributed by atoms with Crippen LogP contribution in [0.2, 0.25) is 5.02 Å². The lowest BCUT2D eigenvalue weighted by Crippen LogP contribution is -2.49. The van der Waals surface area contributed by atoms with Crippen LogP contribution in [0.15, 0.2) is 78.9 Å². The Hall–Kier alpha value is -3.84. The Balaban J connectivity index is 1.44. The Kier molecular flexibility index (Phi) is 6.42. The van der Waals surface area contributed by atoms with Gasteiger partial charge in [-0.15, -0.1) is 0 Å². The molecule has 8 heteroatoms. The molecule has 1 fully saturated rings. The van der Waals surface area contributed by atoms with Crippen molar-refractivity contribution in [2.75, 3.05) is 38.2 Å². The fourth-order valence-corrected chi connectivity index (χ4v) is 4.49. The summed E-state index contributed by atoms with van der Waals surface area (Å²) in [5, 5.41) is 5.41. The van der Waals surface area contributed by atoms with Gasteiger partial charge in [0.05, 0.1) is 29.2 Å². The van der Waals surface area contributed by atoms with Crippen LogP contribution in [0.5, 0.6) is 5.75 Å². The number of aromatic nitrogens is 2. The number of rotatable bonds is 5. The molecule has 0 N–H and O–H groups in total. The molecule has 4 aromatic rings. The number of piperazine rings is 1. The zero-order chi connectivity index (χ0) is 24.4. The van der Waals surface area contributed by atoms with Crippen LogP contribution in [0, 0.1) is 5.82 Å². The fourth-order valence-electron chi connectivity index (χ4n) is 4.24. The second-order valence-electron chi connectivity index (χ2n) is 8.26. The smallest absolute Gasteiger partial charge is 0.272 e. The molecular weight excluding hydrogens is 467 g/mol. The van der Waals surface area contributed by atoms with E-state index in [0.717, 1.165) is 16.9 Å². The maximum Gasteiger partial charge on any atom is 0.272 e. The van der Waals surface area contributed by atoms with Gasteiger partial charge in [-0.3, -0.25) is 4.79 Å². The van der Waals surface area contributed by atoms with E-state index < -0.39 is 0 Å². The van der Waals surface area contributed by atoms with E-state index in [1.54, 1.807) is 30.0 Å². The van der Waals surface area contributed by atoms with E-state index >= 15 is 0 Å². The molecule has 0 radical (unpaired) electrons. The maximum absolute atomic E-state index is 13.7. The van der Waals surface area contributed by atoms with E-state index in [2.05, 4.69) is 4.90 Å². The first kappa shape index (κ1) is 22.9. The topological polar surface area (TPSA) is 50.6 Å². The van der Waals surface area contributed by atoms with E-state index in [1.165, 1.54) is 12.1 Å². The highest BCUT2D eigenvalue weighted by Gasteiger charge is 2.27. The van der Waals surface area contributed by atoms with Crippen LogP contribution in [0.25, 0.3) is 16.9 Å². The first-order valence-corrected chi connectivity index (χ1v) is 11.7. The molecule has 0 bridgehead atoms.